The fourth-order valence-electron chi connectivity index (χ4n) is 2.00. The van der Waals surface area contributed by atoms with Gasteiger partial charge in [-0.3, -0.25) is 0 Å². The van der Waals surface area contributed by atoms with Gasteiger partial charge in [0.05, 0.1) is 18.3 Å². The van der Waals surface area contributed by atoms with Gasteiger partial charge in [0.25, 0.3) is 0 Å². The Morgan fingerprint density at radius 2 is 2.20 bits per heavy atom. The van der Waals surface area contributed by atoms with E-state index in [1.807, 2.05) is 48.3 Å². The first-order chi connectivity index (χ1) is 9.81. The van der Waals surface area contributed by atoms with Crippen LogP contribution in [-0.2, 0) is 0 Å². The normalized spacial score (nSPS) is 10.9. The Bertz CT molecular complexity index is 741. The summed E-state index contributed by atoms with van der Waals surface area (Å²) in [4.78, 5) is 8.64. The molecule has 0 unspecified atom stereocenters. The predicted molar refractivity (Wildman–Crippen MR) is 79.6 cm³/mol. The topological polar surface area (TPSA) is 52.8 Å². The summed E-state index contributed by atoms with van der Waals surface area (Å²) >= 11 is 1.51. The van der Waals surface area contributed by atoms with Gasteiger partial charge in [-0.1, -0.05) is 11.8 Å². The fraction of sp³-hybridized carbons (Fsp3) is 0.214. The highest BCUT2D eigenvalue weighted by molar-refractivity contribution is 7.98. The van der Waals surface area contributed by atoms with Crippen LogP contribution in [0.4, 0.5) is 0 Å². The Morgan fingerprint density at radius 1 is 1.30 bits per heavy atom. The molecule has 0 aliphatic rings. The minimum atomic E-state index is 0.655. The van der Waals surface area contributed by atoms with E-state index >= 15 is 0 Å². The van der Waals surface area contributed by atoms with Crippen LogP contribution in [0.1, 0.15) is 6.92 Å². The van der Waals surface area contributed by atoms with Crippen molar-refractivity contribution < 1.29 is 4.74 Å². The second kappa shape index (κ2) is 5.50. The van der Waals surface area contributed by atoms with Gasteiger partial charge in [-0.2, -0.15) is 5.10 Å². The molecule has 0 aliphatic heterocycles. The zero-order valence-electron chi connectivity index (χ0n) is 11.3. The molecule has 5 nitrogen and oxygen atoms in total. The highest BCUT2D eigenvalue weighted by Gasteiger charge is 2.08. The summed E-state index contributed by atoms with van der Waals surface area (Å²) in [5, 5.41) is 6.17. The molecule has 20 heavy (non-hydrogen) atoms. The lowest BCUT2D eigenvalue weighted by molar-refractivity contribution is 0.340. The average Bonchev–Trinajstić information content (AvgIpc) is 2.91. The van der Waals surface area contributed by atoms with Crippen LogP contribution in [0.2, 0.25) is 0 Å². The molecule has 0 N–H and O–H groups in total. The van der Waals surface area contributed by atoms with Crippen molar-refractivity contribution in [3.05, 3.63) is 36.7 Å². The number of fused-ring (bicyclic) bond motifs is 1. The Balaban J connectivity index is 2.07. The molecule has 3 rings (SSSR count). The molecule has 2 aromatic heterocycles. The lowest BCUT2D eigenvalue weighted by Gasteiger charge is -2.05. The number of benzene rings is 1. The van der Waals surface area contributed by atoms with Gasteiger partial charge in [0.1, 0.15) is 5.75 Å². The summed E-state index contributed by atoms with van der Waals surface area (Å²) in [6, 6.07) is 7.77. The number of hydrogen-bond donors (Lipinski definition) is 0. The number of ether oxygens (including phenoxy) is 1. The van der Waals surface area contributed by atoms with Crippen molar-refractivity contribution in [1.82, 2.24) is 19.7 Å². The summed E-state index contributed by atoms with van der Waals surface area (Å²) in [6.45, 7) is 2.63. The molecule has 0 saturated carbocycles. The Labute approximate surface area is 121 Å². The van der Waals surface area contributed by atoms with Crippen molar-refractivity contribution in [3.63, 3.8) is 0 Å². The summed E-state index contributed by atoms with van der Waals surface area (Å²) in [6.07, 6.45) is 5.52. The number of nitrogens with zero attached hydrogens (tertiary/aromatic N) is 4. The quantitative estimate of drug-likeness (QED) is 0.545. The van der Waals surface area contributed by atoms with E-state index in [1.165, 1.54) is 11.8 Å². The van der Waals surface area contributed by atoms with Crippen LogP contribution >= 0.6 is 11.8 Å². The molecule has 0 bridgehead atoms. The molecule has 2 heterocycles. The maximum absolute atomic E-state index is 5.50. The number of rotatable bonds is 4. The average molecular weight is 286 g/mol. The van der Waals surface area contributed by atoms with Crippen molar-refractivity contribution in [2.24, 2.45) is 0 Å². The lowest BCUT2D eigenvalue weighted by Crippen LogP contribution is -2.00. The van der Waals surface area contributed by atoms with Crippen LogP contribution < -0.4 is 4.74 Å². The molecule has 3 aromatic rings. The van der Waals surface area contributed by atoms with E-state index in [2.05, 4.69) is 15.1 Å². The highest BCUT2D eigenvalue weighted by atomic mass is 32.2. The van der Waals surface area contributed by atoms with Gasteiger partial charge < -0.3 is 4.74 Å². The first-order valence-electron chi connectivity index (χ1n) is 6.30. The van der Waals surface area contributed by atoms with E-state index < -0.39 is 0 Å². The summed E-state index contributed by atoms with van der Waals surface area (Å²) in [5.74, 6) is 1.62. The molecule has 1 aromatic carbocycles. The molecule has 0 saturated heterocycles. The third-order valence-corrected chi connectivity index (χ3v) is 3.43. The third kappa shape index (κ3) is 2.34. The molecule has 0 amide bonds. The molecule has 6 heteroatoms. The van der Waals surface area contributed by atoms with Crippen molar-refractivity contribution in [2.45, 2.75) is 12.1 Å². The summed E-state index contributed by atoms with van der Waals surface area (Å²) < 4.78 is 7.31. The van der Waals surface area contributed by atoms with Gasteiger partial charge in [0.15, 0.2) is 11.0 Å². The smallest absolute Gasteiger partial charge is 0.189 e. The van der Waals surface area contributed by atoms with Crippen LogP contribution in [0.25, 0.3) is 16.7 Å². The first kappa shape index (κ1) is 12.9. The van der Waals surface area contributed by atoms with Crippen LogP contribution in [0.3, 0.4) is 0 Å². The molecule has 102 valence electrons. The Morgan fingerprint density at radius 3 is 3.00 bits per heavy atom. The maximum Gasteiger partial charge on any atom is 0.189 e. The highest BCUT2D eigenvalue weighted by Crippen LogP contribution is 2.23. The standard InChI is InChI=1S/C14H14N4OS/c1-3-19-11-4-5-12-10(8-11)9-16-18(12)13-6-7-15-14(17-13)20-2/h4-9H,3H2,1-2H3. The second-order valence-electron chi connectivity index (χ2n) is 4.11. The van der Waals surface area contributed by atoms with Crippen molar-refractivity contribution >= 4 is 22.7 Å². The summed E-state index contributed by atoms with van der Waals surface area (Å²) in [7, 11) is 0. The van der Waals surface area contributed by atoms with E-state index in [4.69, 9.17) is 4.74 Å². The molecule has 0 fully saturated rings. The third-order valence-electron chi connectivity index (χ3n) is 2.87. The van der Waals surface area contributed by atoms with Crippen LogP contribution in [0.5, 0.6) is 5.75 Å². The van der Waals surface area contributed by atoms with Crippen molar-refractivity contribution in [1.29, 1.82) is 0 Å². The Hall–Kier alpha value is -2.08. The van der Waals surface area contributed by atoms with Crippen molar-refractivity contribution in [3.8, 4) is 11.6 Å². The fourth-order valence-corrected chi connectivity index (χ4v) is 2.35. The molecule has 0 aliphatic carbocycles. The van der Waals surface area contributed by atoms with Gasteiger partial charge in [0, 0.05) is 17.6 Å². The van der Waals surface area contributed by atoms with Gasteiger partial charge in [-0.05, 0) is 31.4 Å². The zero-order valence-corrected chi connectivity index (χ0v) is 12.1. The SMILES string of the molecule is CCOc1ccc2c(cnn2-c2ccnc(SC)n2)c1. The molecule has 0 radical (unpaired) electrons. The molecule has 0 spiro atoms. The number of hydrogen-bond acceptors (Lipinski definition) is 5. The van der Waals surface area contributed by atoms with Gasteiger partial charge >= 0.3 is 0 Å². The van der Waals surface area contributed by atoms with Crippen LogP contribution in [0.15, 0.2) is 41.8 Å². The van der Waals surface area contributed by atoms with E-state index in [0.717, 1.165) is 27.6 Å². The van der Waals surface area contributed by atoms with E-state index in [-0.39, 0.29) is 0 Å². The molecular formula is C14H14N4OS. The molecule has 0 atom stereocenters. The van der Waals surface area contributed by atoms with Crippen LogP contribution in [-0.4, -0.2) is 32.6 Å². The molecular weight excluding hydrogens is 272 g/mol. The Kier molecular flexibility index (Phi) is 3.56. The minimum absolute atomic E-state index is 0.655. The van der Waals surface area contributed by atoms with Crippen LogP contribution in [0, 0.1) is 0 Å². The van der Waals surface area contributed by atoms with Crippen molar-refractivity contribution in [2.75, 3.05) is 12.9 Å². The van der Waals surface area contributed by atoms with E-state index in [1.54, 1.807) is 6.20 Å². The van der Waals surface area contributed by atoms with Gasteiger partial charge in [-0.25, -0.2) is 14.6 Å². The van der Waals surface area contributed by atoms with Gasteiger partial charge in [0.2, 0.25) is 0 Å². The largest absolute Gasteiger partial charge is 0.494 e. The van der Waals surface area contributed by atoms with Gasteiger partial charge in [-0.15, -0.1) is 0 Å². The van der Waals surface area contributed by atoms with E-state index in [0.29, 0.717) is 6.61 Å². The first-order valence-corrected chi connectivity index (χ1v) is 7.52. The minimum Gasteiger partial charge on any atom is -0.494 e. The zero-order chi connectivity index (χ0) is 13.9. The predicted octanol–water partition coefficient (Wildman–Crippen LogP) is 2.94. The van der Waals surface area contributed by atoms with E-state index in [9.17, 15) is 0 Å². The number of aromatic nitrogens is 4. The second-order valence-corrected chi connectivity index (χ2v) is 4.88. The number of thioether (sulfide) groups is 1. The summed E-state index contributed by atoms with van der Waals surface area (Å²) in [5.41, 5.74) is 0.999. The maximum atomic E-state index is 5.50. The lowest BCUT2D eigenvalue weighted by atomic mass is 10.2. The monoisotopic (exact) mass is 286 g/mol.